The van der Waals surface area contributed by atoms with Gasteiger partial charge in [-0.3, -0.25) is 9.59 Å². The number of anilines is 2. The second-order valence-electron chi connectivity index (χ2n) is 5.82. The van der Waals surface area contributed by atoms with E-state index in [9.17, 15) is 9.59 Å². The Kier molecular flexibility index (Phi) is 4.88. The van der Waals surface area contributed by atoms with Gasteiger partial charge in [-0.15, -0.1) is 0 Å². The summed E-state index contributed by atoms with van der Waals surface area (Å²) in [6.07, 6.45) is 0.194. The predicted octanol–water partition coefficient (Wildman–Crippen LogP) is 2.70. The summed E-state index contributed by atoms with van der Waals surface area (Å²) in [5.41, 5.74) is 1.42. The lowest BCUT2D eigenvalue weighted by atomic mass is 10.1. The molecule has 1 saturated heterocycles. The summed E-state index contributed by atoms with van der Waals surface area (Å²) in [4.78, 5) is 26.4. The maximum atomic E-state index is 12.5. The second-order valence-corrected chi connectivity index (χ2v) is 5.82. The highest BCUT2D eigenvalue weighted by atomic mass is 16.5. The average molecular weight is 340 g/mol. The Morgan fingerprint density at radius 1 is 1.08 bits per heavy atom. The van der Waals surface area contributed by atoms with Gasteiger partial charge in [-0.2, -0.15) is 0 Å². The molecule has 1 heterocycles. The van der Waals surface area contributed by atoms with Gasteiger partial charge in [0.05, 0.1) is 20.1 Å². The molecule has 0 radical (unpaired) electrons. The van der Waals surface area contributed by atoms with E-state index < -0.39 is 0 Å². The molecule has 0 saturated carbocycles. The molecule has 6 heteroatoms. The van der Waals surface area contributed by atoms with Crippen LogP contribution in [0.25, 0.3) is 0 Å². The SMILES string of the molecule is COc1ccc(NC(=O)C2CC(=O)N(c3cccc(OC)c3)C2)cc1. The van der Waals surface area contributed by atoms with Gasteiger partial charge in [-0.1, -0.05) is 6.07 Å². The van der Waals surface area contributed by atoms with Crippen molar-refractivity contribution in [3.05, 3.63) is 48.5 Å². The fourth-order valence-corrected chi connectivity index (χ4v) is 2.83. The number of amides is 2. The molecular weight excluding hydrogens is 320 g/mol. The summed E-state index contributed by atoms with van der Waals surface area (Å²) >= 11 is 0. The number of rotatable bonds is 5. The molecule has 0 spiro atoms. The smallest absolute Gasteiger partial charge is 0.229 e. The Morgan fingerprint density at radius 2 is 1.80 bits per heavy atom. The quantitative estimate of drug-likeness (QED) is 0.909. The molecule has 1 N–H and O–H groups in total. The first kappa shape index (κ1) is 16.8. The Hall–Kier alpha value is -3.02. The number of nitrogens with zero attached hydrogens (tertiary/aromatic N) is 1. The number of carbonyl (C=O) groups is 2. The van der Waals surface area contributed by atoms with Crippen molar-refractivity contribution in [2.75, 3.05) is 31.0 Å². The minimum absolute atomic E-state index is 0.0665. The Morgan fingerprint density at radius 3 is 2.48 bits per heavy atom. The van der Waals surface area contributed by atoms with Crippen molar-refractivity contribution in [2.45, 2.75) is 6.42 Å². The molecule has 0 aliphatic carbocycles. The normalized spacial score (nSPS) is 16.6. The molecule has 6 nitrogen and oxygen atoms in total. The molecule has 1 fully saturated rings. The molecule has 0 bridgehead atoms. The highest BCUT2D eigenvalue weighted by Crippen LogP contribution is 2.28. The molecule has 1 unspecified atom stereocenters. The first-order valence-corrected chi connectivity index (χ1v) is 8.00. The highest BCUT2D eigenvalue weighted by molar-refractivity contribution is 6.03. The minimum atomic E-state index is -0.388. The topological polar surface area (TPSA) is 67.9 Å². The number of hydrogen-bond donors (Lipinski definition) is 1. The molecule has 2 aromatic rings. The molecule has 130 valence electrons. The zero-order valence-electron chi connectivity index (χ0n) is 14.2. The van der Waals surface area contributed by atoms with Gasteiger partial charge in [0.25, 0.3) is 0 Å². The predicted molar refractivity (Wildman–Crippen MR) is 95.1 cm³/mol. The van der Waals surface area contributed by atoms with Gasteiger partial charge in [0.1, 0.15) is 11.5 Å². The number of nitrogens with one attached hydrogen (secondary N) is 1. The highest BCUT2D eigenvalue weighted by Gasteiger charge is 2.35. The lowest BCUT2D eigenvalue weighted by Crippen LogP contribution is -2.28. The number of hydrogen-bond acceptors (Lipinski definition) is 4. The van der Waals surface area contributed by atoms with Gasteiger partial charge in [-0.25, -0.2) is 0 Å². The summed E-state index contributed by atoms with van der Waals surface area (Å²) in [5.74, 6) is 0.780. The van der Waals surface area contributed by atoms with Gasteiger partial charge < -0.3 is 19.7 Å². The van der Waals surface area contributed by atoms with Crippen LogP contribution in [-0.4, -0.2) is 32.6 Å². The number of carbonyl (C=O) groups excluding carboxylic acids is 2. The van der Waals surface area contributed by atoms with Crippen LogP contribution in [0.5, 0.6) is 11.5 Å². The van der Waals surface area contributed by atoms with Crippen LogP contribution in [0.4, 0.5) is 11.4 Å². The van der Waals surface area contributed by atoms with Crippen molar-refractivity contribution in [3.63, 3.8) is 0 Å². The van der Waals surface area contributed by atoms with Crippen molar-refractivity contribution in [1.29, 1.82) is 0 Å². The minimum Gasteiger partial charge on any atom is -0.497 e. The van der Waals surface area contributed by atoms with Gasteiger partial charge >= 0.3 is 0 Å². The van der Waals surface area contributed by atoms with Gasteiger partial charge in [-0.05, 0) is 36.4 Å². The zero-order valence-corrected chi connectivity index (χ0v) is 14.2. The van der Waals surface area contributed by atoms with E-state index in [1.807, 2.05) is 18.2 Å². The van der Waals surface area contributed by atoms with Crippen molar-refractivity contribution in [3.8, 4) is 11.5 Å². The lowest BCUT2D eigenvalue weighted by Gasteiger charge is -2.17. The summed E-state index contributed by atoms with van der Waals surface area (Å²) in [5, 5.41) is 2.85. The van der Waals surface area contributed by atoms with E-state index in [0.717, 1.165) is 11.4 Å². The van der Waals surface area contributed by atoms with Crippen LogP contribution < -0.4 is 19.7 Å². The van der Waals surface area contributed by atoms with E-state index >= 15 is 0 Å². The third-order valence-electron chi connectivity index (χ3n) is 4.22. The van der Waals surface area contributed by atoms with Crippen molar-refractivity contribution < 1.29 is 19.1 Å². The van der Waals surface area contributed by atoms with Crippen molar-refractivity contribution in [1.82, 2.24) is 0 Å². The average Bonchev–Trinajstić information content (AvgIpc) is 3.04. The van der Waals surface area contributed by atoms with E-state index in [0.29, 0.717) is 18.0 Å². The first-order valence-electron chi connectivity index (χ1n) is 8.00. The molecule has 3 rings (SSSR count). The molecule has 25 heavy (non-hydrogen) atoms. The second kappa shape index (κ2) is 7.25. The van der Waals surface area contributed by atoms with E-state index in [2.05, 4.69) is 5.32 Å². The molecule has 1 aliphatic heterocycles. The lowest BCUT2D eigenvalue weighted by molar-refractivity contribution is -0.122. The third kappa shape index (κ3) is 3.74. The molecular formula is C19H20N2O4. The molecule has 2 amide bonds. The number of benzene rings is 2. The summed E-state index contributed by atoms with van der Waals surface area (Å²) in [7, 11) is 3.17. The number of ether oxygens (including phenoxy) is 2. The van der Waals surface area contributed by atoms with Gasteiger partial charge in [0.2, 0.25) is 11.8 Å². The van der Waals surface area contributed by atoms with Gasteiger partial charge in [0.15, 0.2) is 0 Å². The van der Waals surface area contributed by atoms with E-state index in [4.69, 9.17) is 9.47 Å². The summed E-state index contributed by atoms with van der Waals surface area (Å²) < 4.78 is 10.3. The van der Waals surface area contributed by atoms with Crippen LogP contribution in [0, 0.1) is 5.92 Å². The zero-order chi connectivity index (χ0) is 17.8. The third-order valence-corrected chi connectivity index (χ3v) is 4.22. The van der Waals surface area contributed by atoms with Gasteiger partial charge in [0, 0.05) is 30.4 Å². The summed E-state index contributed by atoms with van der Waals surface area (Å²) in [6, 6.07) is 14.4. The number of methoxy groups -OCH3 is 2. The van der Waals surface area contributed by atoms with E-state index in [1.54, 1.807) is 49.5 Å². The van der Waals surface area contributed by atoms with Crippen LogP contribution in [0.1, 0.15) is 6.42 Å². The molecule has 1 atom stereocenters. The fourth-order valence-electron chi connectivity index (χ4n) is 2.83. The standard InChI is InChI=1S/C19H20N2O4/c1-24-16-8-6-14(7-9-16)20-19(23)13-10-18(22)21(12-13)15-4-3-5-17(11-15)25-2/h3-9,11,13H,10,12H2,1-2H3,(H,20,23). The first-order chi connectivity index (χ1) is 12.1. The van der Waals surface area contributed by atoms with Crippen LogP contribution in [0.3, 0.4) is 0 Å². The van der Waals surface area contributed by atoms with Crippen LogP contribution in [-0.2, 0) is 9.59 Å². The molecule has 1 aliphatic rings. The van der Waals surface area contributed by atoms with Crippen LogP contribution >= 0.6 is 0 Å². The van der Waals surface area contributed by atoms with Crippen molar-refractivity contribution in [2.24, 2.45) is 5.92 Å². The Bertz CT molecular complexity index is 773. The van der Waals surface area contributed by atoms with Crippen LogP contribution in [0.15, 0.2) is 48.5 Å². The molecule has 0 aromatic heterocycles. The van der Waals surface area contributed by atoms with Crippen molar-refractivity contribution >= 4 is 23.2 Å². The maximum Gasteiger partial charge on any atom is 0.229 e. The Labute approximate surface area is 146 Å². The monoisotopic (exact) mass is 340 g/mol. The summed E-state index contributed by atoms with van der Waals surface area (Å²) in [6.45, 7) is 0.355. The fraction of sp³-hybridized carbons (Fsp3) is 0.263. The van der Waals surface area contributed by atoms with Crippen LogP contribution in [0.2, 0.25) is 0 Å². The van der Waals surface area contributed by atoms with E-state index in [1.165, 1.54) is 0 Å². The van der Waals surface area contributed by atoms with E-state index in [-0.39, 0.29) is 24.2 Å². The largest absolute Gasteiger partial charge is 0.497 e. The Balaban J connectivity index is 1.67. The maximum absolute atomic E-state index is 12.5. The molecule has 2 aromatic carbocycles.